The first-order valence-corrected chi connectivity index (χ1v) is 9.08. The second kappa shape index (κ2) is 7.59. The number of aryl methyl sites for hydroxylation is 2. The highest BCUT2D eigenvalue weighted by atomic mass is 16.4. The van der Waals surface area contributed by atoms with Gasteiger partial charge < -0.3 is 9.73 Å². The molecule has 0 aliphatic heterocycles. The monoisotopic (exact) mass is 350 g/mol. The molecule has 26 heavy (non-hydrogen) atoms. The standard InChI is InChI=1S/C19H22N6O/c1-13-15-4-2-3-5-16(15)23-17(22-13)8-11-21-19-25-24-18(26-19)12-14-6-9-20-10-7-14/h6-7,9-10H,2-5,8,11-12H2,1H3,(H,21,25). The Morgan fingerprint density at radius 3 is 2.81 bits per heavy atom. The summed E-state index contributed by atoms with van der Waals surface area (Å²) >= 11 is 0. The van der Waals surface area contributed by atoms with Crippen LogP contribution in [0.25, 0.3) is 0 Å². The molecule has 0 spiro atoms. The molecule has 0 atom stereocenters. The van der Waals surface area contributed by atoms with Crippen LogP contribution in [0.2, 0.25) is 0 Å². The highest BCUT2D eigenvalue weighted by molar-refractivity contribution is 5.28. The fourth-order valence-corrected chi connectivity index (χ4v) is 3.31. The van der Waals surface area contributed by atoms with E-state index in [-0.39, 0.29) is 0 Å². The molecule has 1 aliphatic rings. The number of rotatable bonds is 6. The topological polar surface area (TPSA) is 89.6 Å². The molecular formula is C19H22N6O. The van der Waals surface area contributed by atoms with Gasteiger partial charge in [-0.1, -0.05) is 5.10 Å². The summed E-state index contributed by atoms with van der Waals surface area (Å²) in [6, 6.07) is 4.31. The van der Waals surface area contributed by atoms with Crippen molar-refractivity contribution in [2.45, 2.75) is 45.4 Å². The molecule has 0 radical (unpaired) electrons. The summed E-state index contributed by atoms with van der Waals surface area (Å²) in [5.41, 5.74) is 4.80. The van der Waals surface area contributed by atoms with Crippen LogP contribution in [0.15, 0.2) is 28.9 Å². The van der Waals surface area contributed by atoms with Gasteiger partial charge >= 0.3 is 6.01 Å². The minimum atomic E-state index is 0.434. The van der Waals surface area contributed by atoms with Crippen molar-refractivity contribution >= 4 is 6.01 Å². The lowest BCUT2D eigenvalue weighted by atomic mass is 9.95. The van der Waals surface area contributed by atoms with Crippen molar-refractivity contribution in [3.8, 4) is 0 Å². The number of fused-ring (bicyclic) bond motifs is 1. The van der Waals surface area contributed by atoms with E-state index >= 15 is 0 Å². The molecule has 0 fully saturated rings. The third kappa shape index (κ3) is 3.87. The molecule has 7 nitrogen and oxygen atoms in total. The molecular weight excluding hydrogens is 328 g/mol. The maximum atomic E-state index is 5.65. The average molecular weight is 350 g/mol. The number of nitrogens with one attached hydrogen (secondary N) is 1. The third-order valence-electron chi connectivity index (χ3n) is 4.63. The minimum absolute atomic E-state index is 0.434. The molecule has 1 N–H and O–H groups in total. The molecule has 4 rings (SSSR count). The van der Waals surface area contributed by atoms with Crippen LogP contribution >= 0.6 is 0 Å². The van der Waals surface area contributed by atoms with Gasteiger partial charge in [0, 0.05) is 36.7 Å². The third-order valence-corrected chi connectivity index (χ3v) is 4.63. The lowest BCUT2D eigenvalue weighted by molar-refractivity contribution is 0.516. The predicted molar refractivity (Wildman–Crippen MR) is 96.9 cm³/mol. The predicted octanol–water partition coefficient (Wildman–Crippen LogP) is 2.69. The maximum absolute atomic E-state index is 5.65. The van der Waals surface area contributed by atoms with Crippen LogP contribution in [-0.4, -0.2) is 31.7 Å². The lowest BCUT2D eigenvalue weighted by Crippen LogP contribution is -2.14. The normalized spacial score (nSPS) is 13.4. The molecule has 0 saturated heterocycles. The van der Waals surface area contributed by atoms with E-state index in [0.717, 1.165) is 36.3 Å². The van der Waals surface area contributed by atoms with Crippen molar-refractivity contribution in [2.24, 2.45) is 0 Å². The molecule has 0 amide bonds. The molecule has 0 saturated carbocycles. The van der Waals surface area contributed by atoms with Crippen molar-refractivity contribution in [2.75, 3.05) is 11.9 Å². The van der Waals surface area contributed by atoms with E-state index < -0.39 is 0 Å². The quantitative estimate of drug-likeness (QED) is 0.731. The van der Waals surface area contributed by atoms with Gasteiger partial charge in [0.2, 0.25) is 5.89 Å². The number of anilines is 1. The van der Waals surface area contributed by atoms with Crippen LogP contribution in [0.5, 0.6) is 0 Å². The fraction of sp³-hybridized carbons (Fsp3) is 0.421. The van der Waals surface area contributed by atoms with Crippen LogP contribution in [-0.2, 0) is 25.7 Å². The fourth-order valence-electron chi connectivity index (χ4n) is 3.31. The molecule has 0 aromatic carbocycles. The van der Waals surface area contributed by atoms with Gasteiger partial charge in [0.15, 0.2) is 0 Å². The molecule has 3 aromatic rings. The second-order valence-corrected chi connectivity index (χ2v) is 6.57. The van der Waals surface area contributed by atoms with Crippen molar-refractivity contribution < 1.29 is 4.42 Å². The van der Waals surface area contributed by atoms with E-state index in [1.165, 1.54) is 24.1 Å². The number of pyridine rings is 1. The first-order valence-electron chi connectivity index (χ1n) is 9.08. The van der Waals surface area contributed by atoms with Gasteiger partial charge in [-0.25, -0.2) is 9.97 Å². The Hall–Kier alpha value is -2.83. The average Bonchev–Trinajstić information content (AvgIpc) is 3.10. The summed E-state index contributed by atoms with van der Waals surface area (Å²) in [6.45, 7) is 2.75. The Morgan fingerprint density at radius 1 is 1.08 bits per heavy atom. The maximum Gasteiger partial charge on any atom is 0.315 e. The number of nitrogens with zero attached hydrogens (tertiary/aromatic N) is 5. The highest BCUT2D eigenvalue weighted by Gasteiger charge is 2.15. The SMILES string of the molecule is Cc1nc(CCNc2nnc(Cc3ccncc3)o2)nc2c1CCCC2. The van der Waals surface area contributed by atoms with Crippen molar-refractivity contribution in [3.63, 3.8) is 0 Å². The van der Waals surface area contributed by atoms with Crippen LogP contribution in [0.1, 0.15) is 47.1 Å². The van der Waals surface area contributed by atoms with Crippen LogP contribution in [0, 0.1) is 6.92 Å². The van der Waals surface area contributed by atoms with Gasteiger partial charge in [-0.15, -0.1) is 5.10 Å². The molecule has 0 bridgehead atoms. The van der Waals surface area contributed by atoms with E-state index in [0.29, 0.717) is 24.9 Å². The van der Waals surface area contributed by atoms with Gasteiger partial charge in [0.05, 0.1) is 6.42 Å². The molecule has 1 aliphatic carbocycles. The Balaban J connectivity index is 1.33. The Morgan fingerprint density at radius 2 is 1.92 bits per heavy atom. The van der Waals surface area contributed by atoms with Crippen molar-refractivity contribution in [1.29, 1.82) is 0 Å². The van der Waals surface area contributed by atoms with Gasteiger partial charge in [-0.05, 0) is 55.9 Å². The molecule has 3 aromatic heterocycles. The Labute approximate surface area is 152 Å². The van der Waals surface area contributed by atoms with Gasteiger partial charge in [0.25, 0.3) is 0 Å². The second-order valence-electron chi connectivity index (χ2n) is 6.57. The summed E-state index contributed by atoms with van der Waals surface area (Å²) < 4.78 is 5.65. The van der Waals surface area contributed by atoms with Crippen LogP contribution in [0.4, 0.5) is 6.01 Å². The number of aromatic nitrogens is 5. The van der Waals surface area contributed by atoms with Gasteiger partial charge in [-0.2, -0.15) is 0 Å². The van der Waals surface area contributed by atoms with E-state index in [1.807, 2.05) is 12.1 Å². The molecule has 134 valence electrons. The molecule has 0 unspecified atom stereocenters. The number of hydrogen-bond acceptors (Lipinski definition) is 7. The zero-order valence-corrected chi connectivity index (χ0v) is 14.9. The summed E-state index contributed by atoms with van der Waals surface area (Å²) in [5.74, 6) is 1.46. The van der Waals surface area contributed by atoms with Crippen molar-refractivity contribution in [3.05, 3.63) is 58.8 Å². The summed E-state index contributed by atoms with van der Waals surface area (Å²) in [5, 5.41) is 11.3. The number of hydrogen-bond donors (Lipinski definition) is 1. The smallest absolute Gasteiger partial charge is 0.315 e. The Bertz CT molecular complexity index is 877. The van der Waals surface area contributed by atoms with Gasteiger partial charge in [-0.3, -0.25) is 4.98 Å². The van der Waals surface area contributed by atoms with E-state index in [9.17, 15) is 0 Å². The highest BCUT2D eigenvalue weighted by Crippen LogP contribution is 2.21. The lowest BCUT2D eigenvalue weighted by Gasteiger charge is -2.17. The first kappa shape index (κ1) is 16.6. The van der Waals surface area contributed by atoms with Crippen molar-refractivity contribution in [1.82, 2.24) is 25.1 Å². The van der Waals surface area contributed by atoms with E-state index in [2.05, 4.69) is 32.4 Å². The zero-order valence-electron chi connectivity index (χ0n) is 14.9. The molecule has 3 heterocycles. The largest absolute Gasteiger partial charge is 0.408 e. The van der Waals surface area contributed by atoms with E-state index in [4.69, 9.17) is 9.40 Å². The van der Waals surface area contributed by atoms with Crippen LogP contribution < -0.4 is 5.32 Å². The van der Waals surface area contributed by atoms with E-state index in [1.54, 1.807) is 12.4 Å². The first-order chi connectivity index (χ1) is 12.8. The van der Waals surface area contributed by atoms with Gasteiger partial charge in [0.1, 0.15) is 5.82 Å². The summed E-state index contributed by atoms with van der Waals surface area (Å²) in [7, 11) is 0. The summed E-state index contributed by atoms with van der Waals surface area (Å²) in [6.07, 6.45) is 9.50. The van der Waals surface area contributed by atoms with Crippen LogP contribution in [0.3, 0.4) is 0 Å². The zero-order chi connectivity index (χ0) is 17.8. The Kier molecular flexibility index (Phi) is 4.86. The molecule has 7 heteroatoms. The minimum Gasteiger partial charge on any atom is -0.408 e. The summed E-state index contributed by atoms with van der Waals surface area (Å²) in [4.78, 5) is 13.4.